The summed E-state index contributed by atoms with van der Waals surface area (Å²) in [5.41, 5.74) is 2.23. The van der Waals surface area contributed by atoms with Crippen LogP contribution >= 0.6 is 11.6 Å². The van der Waals surface area contributed by atoms with E-state index < -0.39 is 0 Å². The third-order valence-electron chi connectivity index (χ3n) is 3.12. The molecule has 0 fully saturated rings. The van der Waals surface area contributed by atoms with E-state index in [1.54, 1.807) is 19.2 Å². The van der Waals surface area contributed by atoms with Gasteiger partial charge in [0, 0.05) is 15.8 Å². The maximum absolute atomic E-state index is 8.98. The van der Waals surface area contributed by atoms with Crippen LogP contribution in [0.1, 0.15) is 0 Å². The normalized spacial score (nSPS) is 10.4. The molecule has 4 nitrogen and oxygen atoms in total. The van der Waals surface area contributed by atoms with Gasteiger partial charge in [0.1, 0.15) is 5.75 Å². The van der Waals surface area contributed by atoms with Gasteiger partial charge in [-0.3, -0.25) is 5.32 Å². The van der Waals surface area contributed by atoms with Crippen molar-refractivity contribution in [1.29, 1.82) is 5.26 Å². The summed E-state index contributed by atoms with van der Waals surface area (Å²) in [5.74, 6) is 0.716. The summed E-state index contributed by atoms with van der Waals surface area (Å²) in [6.07, 6.45) is 1.97. The topological polar surface area (TPSA) is 57.9 Å². The Morgan fingerprint density at radius 3 is 2.75 bits per heavy atom. The molecular weight excluding hydrogens is 274 g/mol. The first-order valence-corrected chi connectivity index (χ1v) is 6.33. The molecule has 0 saturated heterocycles. The zero-order valence-electron chi connectivity index (χ0n) is 10.6. The highest BCUT2D eigenvalue weighted by Crippen LogP contribution is 2.33. The van der Waals surface area contributed by atoms with Crippen LogP contribution in [-0.2, 0) is 0 Å². The second-order valence-electron chi connectivity index (χ2n) is 4.27. The number of benzene rings is 2. The first kappa shape index (κ1) is 12.5. The SMILES string of the molecule is COc1ccc2nc3cc(Cl)ccc3c(NC#N)c2c1. The number of nitrogens with zero attached hydrogens (tertiary/aromatic N) is 2. The first-order valence-electron chi connectivity index (χ1n) is 5.95. The number of methoxy groups -OCH3 is 1. The number of rotatable bonds is 2. The lowest BCUT2D eigenvalue weighted by molar-refractivity contribution is 0.415. The summed E-state index contributed by atoms with van der Waals surface area (Å²) < 4.78 is 5.23. The minimum Gasteiger partial charge on any atom is -0.497 e. The van der Waals surface area contributed by atoms with Gasteiger partial charge in [-0.1, -0.05) is 11.6 Å². The molecule has 0 bridgehead atoms. The van der Waals surface area contributed by atoms with E-state index in [4.69, 9.17) is 21.6 Å². The van der Waals surface area contributed by atoms with E-state index in [1.807, 2.05) is 30.5 Å². The van der Waals surface area contributed by atoms with Crippen LogP contribution in [0.2, 0.25) is 5.02 Å². The van der Waals surface area contributed by atoms with E-state index in [-0.39, 0.29) is 0 Å². The zero-order valence-corrected chi connectivity index (χ0v) is 11.4. The van der Waals surface area contributed by atoms with Gasteiger partial charge in [0.05, 0.1) is 23.8 Å². The maximum Gasteiger partial charge on any atom is 0.181 e. The third-order valence-corrected chi connectivity index (χ3v) is 3.36. The molecule has 1 aromatic heterocycles. The lowest BCUT2D eigenvalue weighted by atomic mass is 10.1. The van der Waals surface area contributed by atoms with Gasteiger partial charge in [-0.25, -0.2) is 4.98 Å². The summed E-state index contributed by atoms with van der Waals surface area (Å²) >= 11 is 6.00. The second kappa shape index (κ2) is 4.87. The Morgan fingerprint density at radius 2 is 2.00 bits per heavy atom. The smallest absolute Gasteiger partial charge is 0.181 e. The van der Waals surface area contributed by atoms with Crippen LogP contribution in [0, 0.1) is 11.5 Å². The highest BCUT2D eigenvalue weighted by molar-refractivity contribution is 6.31. The molecule has 0 radical (unpaired) electrons. The molecule has 1 N–H and O–H groups in total. The third kappa shape index (κ3) is 1.98. The minimum atomic E-state index is 0.612. The molecule has 0 saturated carbocycles. The van der Waals surface area contributed by atoms with Crippen molar-refractivity contribution in [2.45, 2.75) is 0 Å². The van der Waals surface area contributed by atoms with E-state index in [9.17, 15) is 0 Å². The quantitative estimate of drug-likeness (QED) is 0.440. The molecule has 3 aromatic rings. The molecule has 0 amide bonds. The number of fused-ring (bicyclic) bond motifs is 2. The molecule has 20 heavy (non-hydrogen) atoms. The summed E-state index contributed by atoms with van der Waals surface area (Å²) in [6, 6.07) is 11.0. The molecule has 98 valence electrons. The predicted octanol–water partition coefficient (Wildman–Crippen LogP) is 3.94. The zero-order chi connectivity index (χ0) is 14.1. The summed E-state index contributed by atoms with van der Waals surface area (Å²) in [7, 11) is 1.60. The lowest BCUT2D eigenvalue weighted by Crippen LogP contribution is -1.94. The molecule has 0 aliphatic carbocycles. The number of ether oxygens (including phenoxy) is 1. The van der Waals surface area contributed by atoms with Crippen LogP contribution in [0.15, 0.2) is 36.4 Å². The highest BCUT2D eigenvalue weighted by atomic mass is 35.5. The van der Waals surface area contributed by atoms with Gasteiger partial charge in [0.25, 0.3) is 0 Å². The number of pyridine rings is 1. The largest absolute Gasteiger partial charge is 0.497 e. The first-order chi connectivity index (χ1) is 9.72. The molecule has 0 spiro atoms. The average molecular weight is 284 g/mol. The summed E-state index contributed by atoms with van der Waals surface area (Å²) in [5, 5.41) is 14.0. The fraction of sp³-hybridized carbons (Fsp3) is 0.0667. The number of hydrogen-bond donors (Lipinski definition) is 1. The van der Waals surface area contributed by atoms with Crippen LogP contribution in [0.3, 0.4) is 0 Å². The monoisotopic (exact) mass is 283 g/mol. The maximum atomic E-state index is 8.98. The van der Waals surface area contributed by atoms with Crippen molar-refractivity contribution in [2.75, 3.05) is 12.4 Å². The summed E-state index contributed by atoms with van der Waals surface area (Å²) in [4.78, 5) is 4.57. The van der Waals surface area contributed by atoms with Gasteiger partial charge in [0.15, 0.2) is 6.19 Å². The number of aromatic nitrogens is 1. The molecule has 3 rings (SSSR count). The molecule has 0 atom stereocenters. The Morgan fingerprint density at radius 1 is 1.15 bits per heavy atom. The molecule has 0 aliphatic heterocycles. The van der Waals surface area contributed by atoms with E-state index in [2.05, 4.69) is 10.3 Å². The van der Waals surface area contributed by atoms with E-state index in [0.717, 1.165) is 21.8 Å². The van der Waals surface area contributed by atoms with Crippen molar-refractivity contribution in [2.24, 2.45) is 0 Å². The molecule has 0 aliphatic rings. The minimum absolute atomic E-state index is 0.612. The number of nitriles is 1. The van der Waals surface area contributed by atoms with Crippen LogP contribution in [-0.4, -0.2) is 12.1 Å². The van der Waals surface area contributed by atoms with Crippen molar-refractivity contribution in [3.05, 3.63) is 41.4 Å². The number of nitrogens with one attached hydrogen (secondary N) is 1. The highest BCUT2D eigenvalue weighted by Gasteiger charge is 2.10. The van der Waals surface area contributed by atoms with Gasteiger partial charge in [-0.2, -0.15) is 5.26 Å². The van der Waals surface area contributed by atoms with Crippen LogP contribution < -0.4 is 10.1 Å². The standard InChI is InChI=1S/C15H10ClN3O/c1-20-10-3-5-13-12(7-10)15(18-8-17)11-4-2-9(16)6-14(11)19-13/h2-7H,1H3,(H,18,19). The van der Waals surface area contributed by atoms with Crippen molar-refractivity contribution < 1.29 is 4.74 Å². The van der Waals surface area contributed by atoms with E-state index in [0.29, 0.717) is 16.5 Å². The number of hydrogen-bond acceptors (Lipinski definition) is 4. The fourth-order valence-corrected chi connectivity index (χ4v) is 2.38. The fourth-order valence-electron chi connectivity index (χ4n) is 2.21. The van der Waals surface area contributed by atoms with Gasteiger partial charge in [-0.05, 0) is 36.4 Å². The molecule has 1 heterocycles. The van der Waals surface area contributed by atoms with Gasteiger partial charge in [-0.15, -0.1) is 0 Å². The average Bonchev–Trinajstić information content (AvgIpc) is 2.46. The Hall–Kier alpha value is -2.51. The van der Waals surface area contributed by atoms with Crippen molar-refractivity contribution in [3.8, 4) is 11.9 Å². The Labute approximate surface area is 120 Å². The van der Waals surface area contributed by atoms with Gasteiger partial charge in [0.2, 0.25) is 0 Å². The molecule has 2 aromatic carbocycles. The molecular formula is C15H10ClN3O. The van der Waals surface area contributed by atoms with Crippen molar-refractivity contribution in [3.63, 3.8) is 0 Å². The number of halogens is 1. The Bertz CT molecular complexity index is 855. The molecule has 5 heteroatoms. The molecule has 0 unspecified atom stereocenters. The van der Waals surface area contributed by atoms with Crippen LogP contribution in [0.5, 0.6) is 5.75 Å². The predicted molar refractivity (Wildman–Crippen MR) is 80.0 cm³/mol. The van der Waals surface area contributed by atoms with Gasteiger partial charge < -0.3 is 4.74 Å². The van der Waals surface area contributed by atoms with E-state index in [1.165, 1.54) is 0 Å². The van der Waals surface area contributed by atoms with Crippen LogP contribution in [0.4, 0.5) is 5.69 Å². The van der Waals surface area contributed by atoms with Crippen LogP contribution in [0.25, 0.3) is 21.8 Å². The Kier molecular flexibility index (Phi) is 3.05. The van der Waals surface area contributed by atoms with Crippen molar-refractivity contribution in [1.82, 2.24) is 4.98 Å². The summed E-state index contributed by atoms with van der Waals surface area (Å²) in [6.45, 7) is 0. The second-order valence-corrected chi connectivity index (χ2v) is 4.70. The van der Waals surface area contributed by atoms with Gasteiger partial charge >= 0.3 is 0 Å². The lowest BCUT2D eigenvalue weighted by Gasteiger charge is -2.10. The Balaban J connectivity index is 2.45. The van der Waals surface area contributed by atoms with Crippen molar-refractivity contribution >= 4 is 39.1 Å². The number of anilines is 1. The van der Waals surface area contributed by atoms with E-state index >= 15 is 0 Å².